The van der Waals surface area contributed by atoms with Gasteiger partial charge in [0.2, 0.25) is 5.13 Å². The van der Waals surface area contributed by atoms with E-state index in [1.165, 1.54) is 61.6 Å². The molecule has 130 valence electrons. The Hall–Kier alpha value is -1.53. The predicted octanol–water partition coefficient (Wildman–Crippen LogP) is 5.49. The number of benzene rings is 1. The van der Waals surface area contributed by atoms with Crippen LogP contribution in [0.3, 0.4) is 0 Å². The summed E-state index contributed by atoms with van der Waals surface area (Å²) in [5, 5.41) is 11.9. The van der Waals surface area contributed by atoms with Crippen LogP contribution in [0.15, 0.2) is 18.2 Å². The Kier molecular flexibility index (Phi) is 7.59. The molecular weight excluding hydrogens is 349 g/mol. The van der Waals surface area contributed by atoms with Crippen LogP contribution in [0.5, 0.6) is 0 Å². The summed E-state index contributed by atoms with van der Waals surface area (Å²) in [7, 11) is 0. The number of nitrogens with zero attached hydrogens (tertiary/aromatic N) is 2. The molecule has 2 rings (SSSR count). The molecule has 0 bridgehead atoms. The van der Waals surface area contributed by atoms with Gasteiger partial charge in [0.05, 0.1) is 10.6 Å². The molecule has 0 radical (unpaired) electrons. The van der Waals surface area contributed by atoms with Gasteiger partial charge < -0.3 is 0 Å². The summed E-state index contributed by atoms with van der Waals surface area (Å²) in [5.74, 6) is -1.27. The van der Waals surface area contributed by atoms with E-state index in [1.54, 1.807) is 0 Å². The summed E-state index contributed by atoms with van der Waals surface area (Å²) < 4.78 is 13.7. The van der Waals surface area contributed by atoms with Gasteiger partial charge in [0.1, 0.15) is 10.8 Å². The number of aromatic nitrogens is 2. The minimum Gasteiger partial charge on any atom is -0.296 e. The number of hydrogen-bond donors (Lipinski definition) is 1. The van der Waals surface area contributed by atoms with Crippen LogP contribution in [-0.4, -0.2) is 16.1 Å². The number of aryl methyl sites for hydroxylation is 1. The second-order valence-electron chi connectivity index (χ2n) is 5.57. The lowest BCUT2D eigenvalue weighted by Gasteiger charge is -2.04. The maximum absolute atomic E-state index is 13.7. The minimum atomic E-state index is -0.656. The van der Waals surface area contributed by atoms with Gasteiger partial charge >= 0.3 is 0 Å². The zero-order valence-corrected chi connectivity index (χ0v) is 15.2. The fourth-order valence-electron chi connectivity index (χ4n) is 2.34. The molecule has 1 amide bonds. The minimum absolute atomic E-state index is 0.0734. The van der Waals surface area contributed by atoms with Crippen molar-refractivity contribution in [2.24, 2.45) is 0 Å². The molecule has 1 heterocycles. The van der Waals surface area contributed by atoms with Crippen LogP contribution in [0.1, 0.15) is 60.8 Å². The average Bonchev–Trinajstić information content (AvgIpc) is 2.98. The van der Waals surface area contributed by atoms with E-state index >= 15 is 0 Å². The Morgan fingerprint density at radius 2 is 1.96 bits per heavy atom. The number of hydrogen-bond acceptors (Lipinski definition) is 4. The average molecular weight is 370 g/mol. The molecule has 24 heavy (non-hydrogen) atoms. The van der Waals surface area contributed by atoms with Gasteiger partial charge in [-0.2, -0.15) is 0 Å². The first-order valence-corrected chi connectivity index (χ1v) is 9.39. The van der Waals surface area contributed by atoms with Gasteiger partial charge in [-0.05, 0) is 18.6 Å². The van der Waals surface area contributed by atoms with Crippen LogP contribution >= 0.6 is 22.9 Å². The number of unbranched alkanes of at least 4 members (excludes halogenated alkanes) is 5. The van der Waals surface area contributed by atoms with Crippen molar-refractivity contribution in [3.8, 4) is 0 Å². The molecule has 0 unspecified atom stereocenters. The molecule has 0 atom stereocenters. The highest BCUT2D eigenvalue weighted by Crippen LogP contribution is 2.22. The van der Waals surface area contributed by atoms with Crippen molar-refractivity contribution in [2.75, 3.05) is 5.32 Å². The zero-order valence-electron chi connectivity index (χ0n) is 13.6. The van der Waals surface area contributed by atoms with Gasteiger partial charge in [0.15, 0.2) is 0 Å². The Morgan fingerprint density at radius 3 is 2.71 bits per heavy atom. The summed E-state index contributed by atoms with van der Waals surface area (Å²) in [6.07, 6.45) is 8.12. The number of amides is 1. The van der Waals surface area contributed by atoms with Gasteiger partial charge in [-0.25, -0.2) is 4.39 Å². The Morgan fingerprint density at radius 1 is 1.21 bits per heavy atom. The van der Waals surface area contributed by atoms with Gasteiger partial charge in [-0.3, -0.25) is 10.1 Å². The highest BCUT2D eigenvalue weighted by atomic mass is 35.5. The van der Waals surface area contributed by atoms with E-state index < -0.39 is 11.7 Å². The Labute approximate surface area is 150 Å². The van der Waals surface area contributed by atoms with E-state index in [-0.39, 0.29) is 10.6 Å². The maximum atomic E-state index is 13.7. The van der Waals surface area contributed by atoms with E-state index in [2.05, 4.69) is 22.4 Å². The van der Waals surface area contributed by atoms with Crippen LogP contribution in [0, 0.1) is 5.82 Å². The van der Waals surface area contributed by atoms with Crippen LogP contribution < -0.4 is 5.32 Å². The lowest BCUT2D eigenvalue weighted by Crippen LogP contribution is -2.14. The van der Waals surface area contributed by atoms with Gasteiger partial charge in [-0.15, -0.1) is 10.2 Å². The van der Waals surface area contributed by atoms with Gasteiger partial charge in [0.25, 0.3) is 5.91 Å². The second kappa shape index (κ2) is 9.69. The normalized spacial score (nSPS) is 10.8. The third-order valence-corrected chi connectivity index (χ3v) is 4.83. The first-order valence-electron chi connectivity index (χ1n) is 8.19. The summed E-state index contributed by atoms with van der Waals surface area (Å²) in [6, 6.07) is 4.13. The fraction of sp³-hybridized carbons (Fsp3) is 0.471. The Balaban J connectivity index is 1.84. The van der Waals surface area contributed by atoms with Crippen LogP contribution in [-0.2, 0) is 6.42 Å². The van der Waals surface area contributed by atoms with Crippen molar-refractivity contribution in [3.05, 3.63) is 39.6 Å². The van der Waals surface area contributed by atoms with Crippen molar-refractivity contribution in [1.29, 1.82) is 0 Å². The van der Waals surface area contributed by atoms with Gasteiger partial charge in [-0.1, -0.05) is 68.0 Å². The largest absolute Gasteiger partial charge is 0.296 e. The molecule has 0 saturated carbocycles. The van der Waals surface area contributed by atoms with Crippen molar-refractivity contribution >= 4 is 34.0 Å². The van der Waals surface area contributed by atoms with Crippen molar-refractivity contribution in [2.45, 2.75) is 51.9 Å². The van der Waals surface area contributed by atoms with Crippen molar-refractivity contribution < 1.29 is 9.18 Å². The predicted molar refractivity (Wildman–Crippen MR) is 96.4 cm³/mol. The van der Waals surface area contributed by atoms with Crippen LogP contribution in [0.25, 0.3) is 0 Å². The number of anilines is 1. The second-order valence-corrected chi connectivity index (χ2v) is 7.04. The SMILES string of the molecule is CCCCCCCCc1nnc(NC(=O)c2c(F)cccc2Cl)s1. The molecule has 1 aromatic heterocycles. The number of carbonyl (C=O) groups is 1. The number of rotatable bonds is 9. The van der Waals surface area contributed by atoms with E-state index in [0.717, 1.165) is 17.8 Å². The van der Waals surface area contributed by atoms with Crippen molar-refractivity contribution in [1.82, 2.24) is 10.2 Å². The standard InChI is InChI=1S/C17H21ClFN3OS/c1-2-3-4-5-6-7-11-14-21-22-17(24-14)20-16(23)15-12(18)9-8-10-13(15)19/h8-10H,2-7,11H2,1H3,(H,20,22,23). The molecule has 7 heteroatoms. The van der Waals surface area contributed by atoms with E-state index in [1.807, 2.05) is 0 Å². The van der Waals surface area contributed by atoms with Crippen molar-refractivity contribution in [3.63, 3.8) is 0 Å². The molecule has 0 fully saturated rings. The Bertz CT molecular complexity index is 657. The molecule has 0 aliphatic carbocycles. The summed E-state index contributed by atoms with van der Waals surface area (Å²) in [6.45, 7) is 2.20. The molecule has 2 aromatic rings. The van der Waals surface area contributed by atoms with E-state index in [9.17, 15) is 9.18 Å². The lowest BCUT2D eigenvalue weighted by molar-refractivity contribution is 0.102. The van der Waals surface area contributed by atoms with Crippen LogP contribution in [0.2, 0.25) is 5.02 Å². The number of halogens is 2. The molecule has 0 aliphatic rings. The molecule has 0 aliphatic heterocycles. The molecule has 1 aromatic carbocycles. The topological polar surface area (TPSA) is 54.9 Å². The molecule has 0 spiro atoms. The van der Waals surface area contributed by atoms with E-state index in [0.29, 0.717) is 5.13 Å². The maximum Gasteiger partial charge on any atom is 0.261 e. The van der Waals surface area contributed by atoms with E-state index in [4.69, 9.17) is 11.6 Å². The summed E-state index contributed by atoms with van der Waals surface area (Å²) in [4.78, 5) is 12.1. The highest BCUT2D eigenvalue weighted by molar-refractivity contribution is 7.15. The number of nitrogens with one attached hydrogen (secondary N) is 1. The quantitative estimate of drug-likeness (QED) is 0.595. The highest BCUT2D eigenvalue weighted by Gasteiger charge is 2.17. The molecule has 4 nitrogen and oxygen atoms in total. The monoisotopic (exact) mass is 369 g/mol. The first-order chi connectivity index (χ1) is 11.6. The number of carbonyl (C=O) groups excluding carboxylic acids is 1. The first kappa shape index (κ1) is 18.8. The third kappa shape index (κ3) is 5.53. The smallest absolute Gasteiger partial charge is 0.261 e. The summed E-state index contributed by atoms with van der Waals surface area (Å²) in [5.41, 5.74) is -0.174. The fourth-order valence-corrected chi connectivity index (χ4v) is 3.36. The summed E-state index contributed by atoms with van der Waals surface area (Å²) >= 11 is 7.20. The zero-order chi connectivity index (χ0) is 17.4. The molecule has 0 saturated heterocycles. The lowest BCUT2D eigenvalue weighted by atomic mass is 10.1. The third-order valence-electron chi connectivity index (χ3n) is 3.62. The molecule has 1 N–H and O–H groups in total. The molecular formula is C17H21ClFN3OS. The van der Waals surface area contributed by atoms with Crippen LogP contribution in [0.4, 0.5) is 9.52 Å². The van der Waals surface area contributed by atoms with Gasteiger partial charge in [0, 0.05) is 6.42 Å².